The molecule has 0 bridgehead atoms. The third kappa shape index (κ3) is 6.87. The first-order valence-corrected chi connectivity index (χ1v) is 7.18. The van der Waals surface area contributed by atoms with E-state index in [0.717, 1.165) is 0 Å². The largest absolute Gasteiger partial charge is 0.0810 e. The zero-order chi connectivity index (χ0) is 12.2. The van der Waals surface area contributed by atoms with Crippen LogP contribution in [0.15, 0.2) is 23.3 Å². The number of hydrogen-bond acceptors (Lipinski definition) is 0. The van der Waals surface area contributed by atoms with Crippen LogP contribution in [0.5, 0.6) is 0 Å². The Balaban J connectivity index is 0.000000321. The molecule has 0 spiro atoms. The average Bonchev–Trinajstić information content (AvgIpc) is 2.31. The van der Waals surface area contributed by atoms with E-state index in [0.29, 0.717) is 0 Å². The van der Waals surface area contributed by atoms with E-state index in [2.05, 4.69) is 39.8 Å². The van der Waals surface area contributed by atoms with E-state index in [9.17, 15) is 0 Å². The van der Waals surface area contributed by atoms with Crippen molar-refractivity contribution in [2.24, 2.45) is 0 Å². The van der Waals surface area contributed by atoms with Gasteiger partial charge in [-0.2, -0.15) is 0 Å². The van der Waals surface area contributed by atoms with Gasteiger partial charge in [0, 0.05) is 0 Å². The second-order valence-corrected chi connectivity index (χ2v) is 4.66. The molecule has 0 unspecified atom stereocenters. The topological polar surface area (TPSA) is 0 Å². The first-order valence-electron chi connectivity index (χ1n) is 7.18. The molecular weight excluding hydrogens is 192 g/mol. The highest BCUT2D eigenvalue weighted by Gasteiger charge is 2.11. The summed E-state index contributed by atoms with van der Waals surface area (Å²) in [5.74, 6) is 0. The van der Waals surface area contributed by atoms with Crippen LogP contribution in [-0.4, -0.2) is 0 Å². The molecule has 2 aliphatic carbocycles. The molecule has 0 aromatic carbocycles. The van der Waals surface area contributed by atoms with E-state index in [-0.39, 0.29) is 0 Å². The smallest absolute Gasteiger partial charge is 0.0276 e. The molecule has 0 saturated carbocycles. The maximum Gasteiger partial charge on any atom is -0.0276 e. The molecule has 0 saturated heterocycles. The third-order valence-electron chi connectivity index (χ3n) is 2.49. The molecule has 0 atom stereocenters. The SMILES string of the molecule is C1=C2CCCC=C2CCC1.CCC.CCC. The van der Waals surface area contributed by atoms with Crippen molar-refractivity contribution in [3.05, 3.63) is 23.3 Å². The van der Waals surface area contributed by atoms with E-state index < -0.39 is 0 Å². The Morgan fingerprint density at radius 3 is 1.38 bits per heavy atom. The Hall–Kier alpha value is -0.520. The van der Waals surface area contributed by atoms with Crippen LogP contribution in [-0.2, 0) is 0 Å². The highest BCUT2D eigenvalue weighted by molar-refractivity contribution is 5.34. The maximum atomic E-state index is 2.44. The molecule has 0 heterocycles. The Bertz CT molecular complexity index is 184. The Kier molecular flexibility index (Phi) is 10.6. The van der Waals surface area contributed by atoms with Gasteiger partial charge < -0.3 is 0 Å². The minimum absolute atomic E-state index is 1.25. The molecule has 0 aromatic heterocycles. The first-order chi connectivity index (χ1) is 7.79. The lowest BCUT2D eigenvalue weighted by molar-refractivity contribution is 0.715. The fraction of sp³-hybridized carbons (Fsp3) is 0.750. The van der Waals surface area contributed by atoms with E-state index >= 15 is 0 Å². The van der Waals surface area contributed by atoms with Gasteiger partial charge in [-0.1, -0.05) is 52.7 Å². The Morgan fingerprint density at radius 1 is 0.750 bits per heavy atom. The summed E-state index contributed by atoms with van der Waals surface area (Å²) in [5, 5.41) is 0. The van der Waals surface area contributed by atoms with Crippen molar-refractivity contribution in [1.29, 1.82) is 0 Å². The van der Waals surface area contributed by atoms with Gasteiger partial charge in [-0.3, -0.25) is 0 Å². The molecule has 2 aliphatic rings. The van der Waals surface area contributed by atoms with Gasteiger partial charge in [-0.25, -0.2) is 0 Å². The fourth-order valence-electron chi connectivity index (χ4n) is 1.93. The van der Waals surface area contributed by atoms with E-state index in [1.165, 1.54) is 51.4 Å². The molecule has 0 N–H and O–H groups in total. The lowest BCUT2D eigenvalue weighted by atomic mass is 9.86. The predicted octanol–water partition coefficient (Wildman–Crippen LogP) is 6.04. The Morgan fingerprint density at radius 2 is 1.06 bits per heavy atom. The summed E-state index contributed by atoms with van der Waals surface area (Å²) < 4.78 is 0. The molecule has 0 fully saturated rings. The zero-order valence-electron chi connectivity index (χ0n) is 11.8. The summed E-state index contributed by atoms with van der Waals surface area (Å²) in [6, 6.07) is 0. The summed E-state index contributed by atoms with van der Waals surface area (Å²) in [6.45, 7) is 8.50. The highest BCUT2D eigenvalue weighted by atomic mass is 14.2. The summed E-state index contributed by atoms with van der Waals surface area (Å²) in [7, 11) is 0. The van der Waals surface area contributed by atoms with Gasteiger partial charge in [-0.05, 0) is 49.7 Å². The standard InChI is InChI=1S/C10H14.2C3H8/c1-2-6-10-8-4-3-7-9(10)5-1;2*1-3-2/h5,8H,1-4,6-7H2;2*3H2,1-2H3. The first kappa shape index (κ1) is 15.5. The van der Waals surface area contributed by atoms with Crippen LogP contribution >= 0.6 is 0 Å². The van der Waals surface area contributed by atoms with Gasteiger partial charge in [0.05, 0.1) is 0 Å². The zero-order valence-corrected chi connectivity index (χ0v) is 11.8. The van der Waals surface area contributed by atoms with Crippen LogP contribution in [0, 0.1) is 0 Å². The van der Waals surface area contributed by atoms with Crippen LogP contribution in [0.2, 0.25) is 0 Å². The van der Waals surface area contributed by atoms with Gasteiger partial charge in [0.25, 0.3) is 0 Å². The molecule has 0 heteroatoms. The summed E-state index contributed by atoms with van der Waals surface area (Å²) in [6.07, 6.45) is 15.5. The van der Waals surface area contributed by atoms with Gasteiger partial charge in [0.15, 0.2) is 0 Å². The molecule has 94 valence electrons. The van der Waals surface area contributed by atoms with Gasteiger partial charge in [0.1, 0.15) is 0 Å². The minimum Gasteiger partial charge on any atom is -0.0810 e. The molecular formula is C16H30. The maximum absolute atomic E-state index is 2.44. The van der Waals surface area contributed by atoms with Crippen molar-refractivity contribution < 1.29 is 0 Å². The quantitative estimate of drug-likeness (QED) is 0.469. The van der Waals surface area contributed by atoms with Crippen LogP contribution in [0.4, 0.5) is 0 Å². The molecule has 2 rings (SSSR count). The van der Waals surface area contributed by atoms with Crippen molar-refractivity contribution >= 4 is 0 Å². The lowest BCUT2D eigenvalue weighted by Gasteiger charge is -2.20. The molecule has 0 nitrogen and oxygen atoms in total. The molecule has 0 amide bonds. The molecule has 0 radical (unpaired) electrons. The number of fused-ring (bicyclic) bond motifs is 1. The predicted molar refractivity (Wildman–Crippen MR) is 75.8 cm³/mol. The second kappa shape index (κ2) is 11.0. The molecule has 16 heavy (non-hydrogen) atoms. The van der Waals surface area contributed by atoms with Gasteiger partial charge in [-0.15, -0.1) is 0 Å². The highest BCUT2D eigenvalue weighted by Crippen LogP contribution is 2.31. The van der Waals surface area contributed by atoms with Gasteiger partial charge >= 0.3 is 0 Å². The fourth-order valence-corrected chi connectivity index (χ4v) is 1.93. The van der Waals surface area contributed by atoms with Crippen LogP contribution in [0.3, 0.4) is 0 Å². The van der Waals surface area contributed by atoms with Crippen LogP contribution in [0.25, 0.3) is 0 Å². The van der Waals surface area contributed by atoms with Crippen LogP contribution in [0.1, 0.15) is 79.1 Å². The van der Waals surface area contributed by atoms with E-state index in [1.54, 1.807) is 11.1 Å². The summed E-state index contributed by atoms with van der Waals surface area (Å²) >= 11 is 0. The van der Waals surface area contributed by atoms with E-state index in [4.69, 9.17) is 0 Å². The lowest BCUT2D eigenvalue weighted by Crippen LogP contribution is -2.00. The number of rotatable bonds is 0. The number of hydrogen-bond donors (Lipinski definition) is 0. The minimum atomic E-state index is 1.25. The van der Waals surface area contributed by atoms with Crippen molar-refractivity contribution in [3.8, 4) is 0 Å². The Labute approximate surface area is 103 Å². The number of allylic oxidation sites excluding steroid dienone is 4. The second-order valence-electron chi connectivity index (χ2n) is 4.66. The van der Waals surface area contributed by atoms with Crippen molar-refractivity contribution in [3.63, 3.8) is 0 Å². The summed E-state index contributed by atoms with van der Waals surface area (Å²) in [5.41, 5.74) is 3.33. The normalized spacial score (nSPS) is 17.8. The van der Waals surface area contributed by atoms with Crippen molar-refractivity contribution in [2.75, 3.05) is 0 Å². The van der Waals surface area contributed by atoms with E-state index in [1.807, 2.05) is 0 Å². The molecule has 0 aliphatic heterocycles. The molecule has 0 aromatic rings. The van der Waals surface area contributed by atoms with Crippen molar-refractivity contribution in [2.45, 2.75) is 79.1 Å². The monoisotopic (exact) mass is 222 g/mol. The van der Waals surface area contributed by atoms with Crippen LogP contribution < -0.4 is 0 Å². The average molecular weight is 222 g/mol. The van der Waals surface area contributed by atoms with Gasteiger partial charge in [0.2, 0.25) is 0 Å². The summed E-state index contributed by atoms with van der Waals surface area (Å²) in [4.78, 5) is 0. The third-order valence-corrected chi connectivity index (χ3v) is 2.49. The van der Waals surface area contributed by atoms with Crippen molar-refractivity contribution in [1.82, 2.24) is 0 Å².